The average Bonchev–Trinajstić information content (AvgIpc) is 3.20. The van der Waals surface area contributed by atoms with Crippen molar-refractivity contribution in [3.8, 4) is 0 Å². The van der Waals surface area contributed by atoms with Gasteiger partial charge in [-0.2, -0.15) is 4.31 Å². The van der Waals surface area contributed by atoms with E-state index in [-0.39, 0.29) is 16.7 Å². The van der Waals surface area contributed by atoms with Crippen LogP contribution in [-0.4, -0.2) is 62.7 Å². The highest BCUT2D eigenvalue weighted by Gasteiger charge is 2.30. The largest absolute Gasteiger partial charge is 0.355 e. The number of likely N-dealkylation sites (N-methyl/N-ethyl adjacent to an activating group) is 1. The fourth-order valence-electron chi connectivity index (χ4n) is 4.51. The van der Waals surface area contributed by atoms with Gasteiger partial charge in [0.1, 0.15) is 5.00 Å². The van der Waals surface area contributed by atoms with Gasteiger partial charge in [0.05, 0.1) is 10.5 Å². The SMILES string of the molecule is CCN1CCc2c(sc(NC(=O)c3ccc(S(=O)(=O)N4CCC(C)CC4)cc3)c2C(=O)NC)C1. The maximum Gasteiger partial charge on any atom is 0.256 e. The summed E-state index contributed by atoms with van der Waals surface area (Å²) < 4.78 is 27.4. The Labute approximate surface area is 205 Å². The number of fused-ring (bicyclic) bond motifs is 1. The zero-order chi connectivity index (χ0) is 24.5. The van der Waals surface area contributed by atoms with Gasteiger partial charge in [0.25, 0.3) is 11.8 Å². The van der Waals surface area contributed by atoms with Gasteiger partial charge in [-0.25, -0.2) is 8.42 Å². The van der Waals surface area contributed by atoms with Crippen LogP contribution in [0.5, 0.6) is 0 Å². The van der Waals surface area contributed by atoms with Gasteiger partial charge < -0.3 is 10.6 Å². The first-order valence-electron chi connectivity index (χ1n) is 11.7. The van der Waals surface area contributed by atoms with Crippen molar-refractivity contribution in [3.63, 3.8) is 0 Å². The van der Waals surface area contributed by atoms with Gasteiger partial charge in [-0.05, 0) is 61.6 Å². The highest BCUT2D eigenvalue weighted by molar-refractivity contribution is 7.89. The van der Waals surface area contributed by atoms with Gasteiger partial charge in [-0.3, -0.25) is 14.5 Å². The number of benzene rings is 1. The lowest BCUT2D eigenvalue weighted by atomic mass is 10.0. The number of sulfonamides is 1. The third kappa shape index (κ3) is 4.91. The average molecular weight is 505 g/mol. The molecule has 0 unspecified atom stereocenters. The molecular formula is C24H32N4O4S2. The van der Waals surface area contributed by atoms with Crippen molar-refractivity contribution in [1.82, 2.24) is 14.5 Å². The van der Waals surface area contributed by atoms with Crippen molar-refractivity contribution in [3.05, 3.63) is 45.8 Å². The first kappa shape index (κ1) is 24.8. The molecule has 0 aliphatic carbocycles. The summed E-state index contributed by atoms with van der Waals surface area (Å²) in [4.78, 5) is 29.2. The van der Waals surface area contributed by atoms with E-state index in [0.717, 1.165) is 49.3 Å². The molecule has 0 atom stereocenters. The Balaban J connectivity index is 1.53. The van der Waals surface area contributed by atoms with Crippen LogP contribution in [0.3, 0.4) is 0 Å². The summed E-state index contributed by atoms with van der Waals surface area (Å²) in [7, 11) is -1.99. The molecule has 8 nitrogen and oxygen atoms in total. The number of hydrogen-bond donors (Lipinski definition) is 2. The topological polar surface area (TPSA) is 98.8 Å². The van der Waals surface area contributed by atoms with Gasteiger partial charge >= 0.3 is 0 Å². The Hall–Kier alpha value is -2.27. The molecule has 0 bridgehead atoms. The summed E-state index contributed by atoms with van der Waals surface area (Å²) in [6.07, 6.45) is 2.47. The van der Waals surface area contributed by atoms with Crippen molar-refractivity contribution >= 4 is 38.2 Å². The molecule has 0 spiro atoms. The monoisotopic (exact) mass is 504 g/mol. The highest BCUT2D eigenvalue weighted by atomic mass is 32.2. The number of amides is 2. The van der Waals surface area contributed by atoms with E-state index in [9.17, 15) is 18.0 Å². The van der Waals surface area contributed by atoms with Crippen LogP contribution in [0.25, 0.3) is 0 Å². The minimum absolute atomic E-state index is 0.191. The van der Waals surface area contributed by atoms with E-state index < -0.39 is 10.0 Å². The standard InChI is InChI=1S/C24H32N4O4S2/c1-4-27-12-11-19-20(15-27)33-24(21(19)23(30)25-3)26-22(29)17-5-7-18(8-6-17)34(31,32)28-13-9-16(2)10-14-28/h5-8,16H,4,9-15H2,1-3H3,(H,25,30)(H,26,29). The number of anilines is 1. The van der Waals surface area contributed by atoms with Gasteiger partial charge in [0, 0.05) is 43.7 Å². The van der Waals surface area contributed by atoms with Crippen molar-refractivity contribution in [2.75, 3.05) is 38.5 Å². The fourth-order valence-corrected chi connectivity index (χ4v) is 7.26. The summed E-state index contributed by atoms with van der Waals surface area (Å²) in [6, 6.07) is 6.03. The van der Waals surface area contributed by atoms with Gasteiger partial charge in [-0.1, -0.05) is 13.8 Å². The van der Waals surface area contributed by atoms with Crippen molar-refractivity contribution in [2.24, 2.45) is 5.92 Å². The number of nitrogens with zero attached hydrogens (tertiary/aromatic N) is 2. The Morgan fingerprint density at radius 1 is 1.09 bits per heavy atom. The molecule has 2 aliphatic rings. The van der Waals surface area contributed by atoms with Crippen LogP contribution >= 0.6 is 11.3 Å². The first-order chi connectivity index (χ1) is 16.2. The summed E-state index contributed by atoms with van der Waals surface area (Å²) in [6.45, 7) is 7.86. The minimum Gasteiger partial charge on any atom is -0.355 e. The Bertz CT molecular complexity index is 1170. The molecule has 2 amide bonds. The smallest absolute Gasteiger partial charge is 0.256 e. The third-order valence-electron chi connectivity index (χ3n) is 6.76. The highest BCUT2D eigenvalue weighted by Crippen LogP contribution is 2.37. The van der Waals surface area contributed by atoms with Crippen LogP contribution in [-0.2, 0) is 23.0 Å². The van der Waals surface area contributed by atoms with Crippen LogP contribution in [0.4, 0.5) is 5.00 Å². The number of carbonyl (C=O) groups is 2. The zero-order valence-electron chi connectivity index (χ0n) is 19.9. The van der Waals surface area contributed by atoms with Crippen molar-refractivity contribution in [2.45, 2.75) is 44.6 Å². The summed E-state index contributed by atoms with van der Waals surface area (Å²) in [5.41, 5.74) is 1.88. The summed E-state index contributed by atoms with van der Waals surface area (Å²) >= 11 is 1.44. The lowest BCUT2D eigenvalue weighted by Crippen LogP contribution is -2.37. The van der Waals surface area contributed by atoms with E-state index in [1.807, 2.05) is 0 Å². The molecule has 4 rings (SSSR count). The third-order valence-corrected chi connectivity index (χ3v) is 9.81. The molecule has 1 aromatic carbocycles. The molecule has 0 saturated carbocycles. The van der Waals surface area contributed by atoms with Gasteiger partial charge in [-0.15, -0.1) is 11.3 Å². The first-order valence-corrected chi connectivity index (χ1v) is 14.0. The maximum atomic E-state index is 13.0. The normalized spacial score (nSPS) is 17.9. The lowest BCUT2D eigenvalue weighted by molar-refractivity contribution is 0.0962. The van der Waals surface area contributed by atoms with E-state index >= 15 is 0 Å². The molecule has 2 N–H and O–H groups in total. The number of piperidine rings is 1. The van der Waals surface area contributed by atoms with Crippen molar-refractivity contribution < 1.29 is 18.0 Å². The quantitative estimate of drug-likeness (QED) is 0.630. The molecular weight excluding hydrogens is 472 g/mol. The minimum atomic E-state index is -3.57. The molecule has 10 heteroatoms. The van der Waals surface area contributed by atoms with Crippen LogP contribution in [0.1, 0.15) is 57.8 Å². The van der Waals surface area contributed by atoms with Gasteiger partial charge in [0.2, 0.25) is 10.0 Å². The van der Waals surface area contributed by atoms with E-state index in [0.29, 0.717) is 35.1 Å². The molecule has 1 saturated heterocycles. The maximum absolute atomic E-state index is 13.0. The molecule has 184 valence electrons. The van der Waals surface area contributed by atoms with E-state index in [1.54, 1.807) is 7.05 Å². The number of nitrogens with one attached hydrogen (secondary N) is 2. The number of hydrogen-bond acceptors (Lipinski definition) is 6. The molecule has 0 radical (unpaired) electrons. The number of thiophene rings is 1. The molecule has 1 aromatic heterocycles. The number of rotatable bonds is 6. The summed E-state index contributed by atoms with van der Waals surface area (Å²) in [5.74, 6) is -0.0490. The number of carbonyl (C=O) groups excluding carboxylic acids is 2. The second-order valence-corrected chi connectivity index (χ2v) is 12.0. The predicted molar refractivity (Wildman–Crippen MR) is 134 cm³/mol. The van der Waals surface area contributed by atoms with E-state index in [4.69, 9.17) is 0 Å². The predicted octanol–water partition coefficient (Wildman–Crippen LogP) is 3.16. The summed E-state index contributed by atoms with van der Waals surface area (Å²) in [5, 5.41) is 6.12. The molecule has 34 heavy (non-hydrogen) atoms. The van der Waals surface area contributed by atoms with Gasteiger partial charge in [0.15, 0.2) is 0 Å². The van der Waals surface area contributed by atoms with Crippen LogP contribution in [0.2, 0.25) is 0 Å². The second-order valence-electron chi connectivity index (χ2n) is 8.97. The lowest BCUT2D eigenvalue weighted by Gasteiger charge is -2.29. The molecule has 3 heterocycles. The van der Waals surface area contributed by atoms with Crippen LogP contribution in [0, 0.1) is 5.92 Å². The fraction of sp³-hybridized carbons (Fsp3) is 0.500. The van der Waals surface area contributed by atoms with E-state index in [2.05, 4.69) is 29.4 Å². The Morgan fingerprint density at radius 2 is 1.76 bits per heavy atom. The van der Waals surface area contributed by atoms with Crippen LogP contribution in [0.15, 0.2) is 29.2 Å². The molecule has 2 aromatic rings. The van der Waals surface area contributed by atoms with E-state index in [1.165, 1.54) is 39.9 Å². The molecule has 1 fully saturated rings. The zero-order valence-corrected chi connectivity index (χ0v) is 21.5. The molecule has 2 aliphatic heterocycles. The second kappa shape index (κ2) is 10.2. The van der Waals surface area contributed by atoms with Crippen LogP contribution < -0.4 is 10.6 Å². The van der Waals surface area contributed by atoms with Crippen molar-refractivity contribution in [1.29, 1.82) is 0 Å². The Kier molecular flexibility index (Phi) is 7.42. The Morgan fingerprint density at radius 3 is 2.38 bits per heavy atom.